The molecule has 3 aromatic rings. The molecule has 0 saturated carbocycles. The van der Waals surface area contributed by atoms with Crippen LogP contribution in [0.3, 0.4) is 0 Å². The summed E-state index contributed by atoms with van der Waals surface area (Å²) in [5.74, 6) is -1.36. The van der Waals surface area contributed by atoms with Crippen LogP contribution in [-0.2, 0) is 6.18 Å². The van der Waals surface area contributed by atoms with E-state index in [4.69, 9.17) is 5.73 Å². The Balaban J connectivity index is 2.36. The number of hydrogen-bond donors (Lipinski definition) is 2. The molecule has 0 aliphatic heterocycles. The number of rotatable bonds is 2. The Morgan fingerprint density at radius 2 is 2.04 bits per heavy atom. The van der Waals surface area contributed by atoms with Gasteiger partial charge in [-0.2, -0.15) is 18.3 Å². The summed E-state index contributed by atoms with van der Waals surface area (Å²) >= 11 is 0. The Labute approximate surface area is 134 Å². The molecule has 3 N–H and O–H groups in total. The van der Waals surface area contributed by atoms with Gasteiger partial charge in [-0.05, 0) is 30.7 Å². The highest BCUT2D eigenvalue weighted by molar-refractivity contribution is 5.96. The molecule has 8 heteroatoms. The van der Waals surface area contributed by atoms with Gasteiger partial charge in [0.2, 0.25) is 0 Å². The van der Waals surface area contributed by atoms with Gasteiger partial charge >= 0.3 is 6.18 Å². The molecule has 0 atom stereocenters. The second-order valence-electron chi connectivity index (χ2n) is 5.30. The van der Waals surface area contributed by atoms with Crippen molar-refractivity contribution >= 4 is 17.0 Å². The molecular weight excluding hydrogens is 324 g/mol. The first-order valence-electron chi connectivity index (χ1n) is 6.90. The summed E-state index contributed by atoms with van der Waals surface area (Å²) < 4.78 is 54.4. The molecule has 0 unspecified atom stereocenters. The third kappa shape index (κ3) is 2.82. The first-order valence-corrected chi connectivity index (χ1v) is 6.90. The third-order valence-corrected chi connectivity index (χ3v) is 3.43. The summed E-state index contributed by atoms with van der Waals surface area (Å²) in [5, 5.41) is 6.38. The maximum absolute atomic E-state index is 14.1. The summed E-state index contributed by atoms with van der Waals surface area (Å²) in [5.41, 5.74) is 5.15. The zero-order valence-electron chi connectivity index (χ0n) is 12.4. The third-order valence-electron chi connectivity index (χ3n) is 3.43. The second-order valence-corrected chi connectivity index (χ2v) is 5.30. The zero-order valence-corrected chi connectivity index (χ0v) is 12.4. The highest BCUT2D eigenvalue weighted by atomic mass is 19.4. The van der Waals surface area contributed by atoms with Crippen LogP contribution in [0, 0.1) is 5.82 Å². The molecule has 0 aliphatic carbocycles. The highest BCUT2D eigenvalue weighted by Gasteiger charge is 2.38. The SMILES string of the molecule is C/C(N)=C/c1cc(-c2c(C(F)(F)F)c(F)cc3[nH]ncc23)ccn1. The number of aromatic nitrogens is 3. The number of benzene rings is 1. The van der Waals surface area contributed by atoms with Crippen LogP contribution in [0.5, 0.6) is 0 Å². The van der Waals surface area contributed by atoms with Crippen molar-refractivity contribution in [1.82, 2.24) is 15.2 Å². The van der Waals surface area contributed by atoms with Crippen molar-refractivity contribution in [3.63, 3.8) is 0 Å². The van der Waals surface area contributed by atoms with Crippen molar-refractivity contribution in [3.05, 3.63) is 53.4 Å². The predicted octanol–water partition coefficient (Wildman–Crippen LogP) is 4.10. The monoisotopic (exact) mass is 336 g/mol. The van der Waals surface area contributed by atoms with E-state index in [1.807, 2.05) is 0 Å². The Bertz CT molecular complexity index is 937. The maximum Gasteiger partial charge on any atom is 0.419 e. The van der Waals surface area contributed by atoms with Crippen molar-refractivity contribution in [3.8, 4) is 11.1 Å². The van der Waals surface area contributed by atoms with E-state index >= 15 is 0 Å². The lowest BCUT2D eigenvalue weighted by Gasteiger charge is -2.15. The fourth-order valence-electron chi connectivity index (χ4n) is 2.55. The van der Waals surface area contributed by atoms with E-state index in [0.717, 1.165) is 6.07 Å². The number of allylic oxidation sites excluding steroid dienone is 1. The van der Waals surface area contributed by atoms with E-state index in [-0.39, 0.29) is 22.0 Å². The van der Waals surface area contributed by atoms with E-state index in [1.165, 1.54) is 30.6 Å². The lowest BCUT2D eigenvalue weighted by atomic mass is 9.95. The molecule has 124 valence electrons. The lowest BCUT2D eigenvalue weighted by Crippen LogP contribution is -2.11. The summed E-state index contributed by atoms with van der Waals surface area (Å²) in [6.45, 7) is 1.63. The number of fused-ring (bicyclic) bond motifs is 1. The van der Waals surface area contributed by atoms with Crippen molar-refractivity contribution in [2.75, 3.05) is 0 Å². The van der Waals surface area contributed by atoms with Crippen LogP contribution in [0.4, 0.5) is 17.6 Å². The van der Waals surface area contributed by atoms with Crippen LogP contribution >= 0.6 is 0 Å². The Hall–Kier alpha value is -2.90. The average Bonchev–Trinajstić information content (AvgIpc) is 2.91. The van der Waals surface area contributed by atoms with E-state index in [0.29, 0.717) is 11.4 Å². The van der Waals surface area contributed by atoms with Crippen LogP contribution in [-0.4, -0.2) is 15.2 Å². The van der Waals surface area contributed by atoms with Gasteiger partial charge in [0, 0.05) is 28.9 Å². The molecule has 0 bridgehead atoms. The molecule has 0 aliphatic rings. The van der Waals surface area contributed by atoms with E-state index in [1.54, 1.807) is 6.92 Å². The van der Waals surface area contributed by atoms with Gasteiger partial charge in [0.15, 0.2) is 0 Å². The number of hydrogen-bond acceptors (Lipinski definition) is 3. The average molecular weight is 336 g/mol. The fourth-order valence-corrected chi connectivity index (χ4v) is 2.55. The summed E-state index contributed by atoms with van der Waals surface area (Å²) in [4.78, 5) is 4.03. The van der Waals surface area contributed by atoms with Gasteiger partial charge in [0.05, 0.1) is 23.0 Å². The highest BCUT2D eigenvalue weighted by Crippen LogP contribution is 2.42. The van der Waals surface area contributed by atoms with Gasteiger partial charge in [-0.3, -0.25) is 10.1 Å². The molecule has 0 radical (unpaired) electrons. The lowest BCUT2D eigenvalue weighted by molar-refractivity contribution is -0.139. The van der Waals surface area contributed by atoms with Crippen molar-refractivity contribution in [2.45, 2.75) is 13.1 Å². The molecule has 0 spiro atoms. The fraction of sp³-hybridized carbons (Fsp3) is 0.125. The van der Waals surface area contributed by atoms with E-state index in [2.05, 4.69) is 15.2 Å². The molecule has 1 aromatic carbocycles. The van der Waals surface area contributed by atoms with Crippen LogP contribution in [0.15, 0.2) is 36.3 Å². The van der Waals surface area contributed by atoms with Crippen LogP contribution < -0.4 is 5.73 Å². The second kappa shape index (κ2) is 5.63. The molecule has 0 saturated heterocycles. The number of nitrogens with zero attached hydrogens (tertiary/aromatic N) is 2. The minimum absolute atomic E-state index is 0.175. The van der Waals surface area contributed by atoms with Gasteiger partial charge in [-0.15, -0.1) is 0 Å². The maximum atomic E-state index is 14.1. The molecule has 0 fully saturated rings. The summed E-state index contributed by atoms with van der Waals surface area (Å²) in [7, 11) is 0. The van der Waals surface area contributed by atoms with Crippen molar-refractivity contribution < 1.29 is 17.6 Å². The van der Waals surface area contributed by atoms with Gasteiger partial charge in [-0.1, -0.05) is 0 Å². The smallest absolute Gasteiger partial charge is 0.402 e. The van der Waals surface area contributed by atoms with Gasteiger partial charge in [-0.25, -0.2) is 4.39 Å². The normalized spacial score (nSPS) is 12.8. The van der Waals surface area contributed by atoms with Gasteiger partial charge < -0.3 is 5.73 Å². The van der Waals surface area contributed by atoms with Crippen molar-refractivity contribution in [2.24, 2.45) is 5.73 Å². The molecule has 24 heavy (non-hydrogen) atoms. The largest absolute Gasteiger partial charge is 0.419 e. The molecule has 4 nitrogen and oxygen atoms in total. The molecule has 0 amide bonds. The van der Waals surface area contributed by atoms with Gasteiger partial charge in [0.1, 0.15) is 5.82 Å². The Morgan fingerprint density at radius 3 is 2.71 bits per heavy atom. The van der Waals surface area contributed by atoms with Crippen LogP contribution in [0.25, 0.3) is 28.1 Å². The first-order chi connectivity index (χ1) is 11.3. The van der Waals surface area contributed by atoms with E-state index < -0.39 is 17.6 Å². The van der Waals surface area contributed by atoms with Crippen LogP contribution in [0.2, 0.25) is 0 Å². The summed E-state index contributed by atoms with van der Waals surface area (Å²) in [6.07, 6.45) is -0.749. The number of alkyl halides is 3. The number of nitrogens with one attached hydrogen (secondary N) is 1. The predicted molar refractivity (Wildman–Crippen MR) is 82.1 cm³/mol. The number of H-pyrrole nitrogens is 1. The number of halogens is 4. The standard InChI is InChI=1S/C16H12F4N4/c1-8(21)4-10-5-9(2-3-22-10)14-11-7-23-24-13(11)6-12(17)15(14)16(18,19)20/h2-7H,21H2,1H3,(H,23,24)/b8-4-. The number of pyridine rings is 1. The molecular formula is C16H12F4N4. The molecule has 3 rings (SSSR count). The van der Waals surface area contributed by atoms with Crippen molar-refractivity contribution in [1.29, 1.82) is 0 Å². The number of nitrogens with two attached hydrogens (primary N) is 1. The van der Waals surface area contributed by atoms with E-state index in [9.17, 15) is 17.6 Å². The number of aromatic amines is 1. The Morgan fingerprint density at radius 1 is 1.29 bits per heavy atom. The Kier molecular flexibility index (Phi) is 3.75. The van der Waals surface area contributed by atoms with Crippen LogP contribution in [0.1, 0.15) is 18.2 Å². The summed E-state index contributed by atoms with van der Waals surface area (Å²) in [6, 6.07) is 3.60. The molecule has 2 aromatic heterocycles. The topological polar surface area (TPSA) is 67.6 Å². The minimum Gasteiger partial charge on any atom is -0.402 e. The van der Waals surface area contributed by atoms with Gasteiger partial charge in [0.25, 0.3) is 0 Å². The minimum atomic E-state index is -4.85. The quantitative estimate of drug-likeness (QED) is 0.692. The zero-order chi connectivity index (χ0) is 17.5. The first kappa shape index (κ1) is 16.0. The molecule has 2 heterocycles.